The van der Waals surface area contributed by atoms with E-state index in [0.29, 0.717) is 21.9 Å². The van der Waals surface area contributed by atoms with Gasteiger partial charge in [-0.3, -0.25) is 0 Å². The highest BCUT2D eigenvalue weighted by Crippen LogP contribution is 2.39. The zero-order chi connectivity index (χ0) is 17.4. The van der Waals surface area contributed by atoms with Crippen LogP contribution in [0.4, 0.5) is 0 Å². The second-order valence-electron chi connectivity index (χ2n) is 5.28. The Morgan fingerprint density at radius 3 is 2.29 bits per heavy atom. The normalized spacial score (nSPS) is 10.7. The molecule has 0 aliphatic heterocycles. The Kier molecular flexibility index (Phi) is 3.65. The van der Waals surface area contributed by atoms with Crippen LogP contribution in [0.2, 0.25) is 0 Å². The molecule has 3 aromatic carbocycles. The first kappa shape index (κ1) is 15.5. The van der Waals surface area contributed by atoms with Crippen molar-refractivity contribution in [2.75, 3.05) is 7.11 Å². The van der Waals surface area contributed by atoms with E-state index in [1.807, 2.05) is 0 Å². The quantitative estimate of drug-likeness (QED) is 0.550. The zero-order valence-corrected chi connectivity index (χ0v) is 12.6. The van der Waals surface area contributed by atoms with Gasteiger partial charge in [0.15, 0.2) is 23.0 Å². The van der Waals surface area contributed by atoms with Gasteiger partial charge in [0.25, 0.3) is 0 Å². The van der Waals surface area contributed by atoms with Crippen molar-refractivity contribution >= 4 is 16.7 Å². The minimum Gasteiger partial charge on any atom is -0.504 e. The molecule has 0 spiro atoms. The van der Waals surface area contributed by atoms with E-state index in [2.05, 4.69) is 0 Å². The second kappa shape index (κ2) is 5.66. The molecule has 0 aromatic heterocycles. The number of aromatic hydroxyl groups is 3. The van der Waals surface area contributed by atoms with Gasteiger partial charge in [-0.15, -0.1) is 0 Å². The fraction of sp³-hybridized carbons (Fsp3) is 0.0556. The number of methoxy groups -OCH3 is 1. The van der Waals surface area contributed by atoms with Crippen LogP contribution in [-0.2, 0) is 0 Å². The Balaban J connectivity index is 2.37. The molecule has 0 atom stereocenters. The summed E-state index contributed by atoms with van der Waals surface area (Å²) in [5.41, 5.74) is 1.05. The monoisotopic (exact) mass is 326 g/mol. The first-order valence-electron chi connectivity index (χ1n) is 7.01. The van der Waals surface area contributed by atoms with Crippen LogP contribution in [0, 0.1) is 0 Å². The minimum absolute atomic E-state index is 0.0535. The van der Waals surface area contributed by atoms with E-state index in [1.54, 1.807) is 12.1 Å². The van der Waals surface area contributed by atoms with Crippen molar-refractivity contribution in [1.29, 1.82) is 0 Å². The summed E-state index contributed by atoms with van der Waals surface area (Å²) >= 11 is 0. The number of benzene rings is 3. The number of ether oxygens (including phenoxy) is 1. The molecule has 122 valence electrons. The van der Waals surface area contributed by atoms with E-state index in [-0.39, 0.29) is 28.6 Å². The molecule has 6 heteroatoms. The van der Waals surface area contributed by atoms with Crippen LogP contribution in [0.5, 0.6) is 23.0 Å². The van der Waals surface area contributed by atoms with Crippen molar-refractivity contribution in [3.63, 3.8) is 0 Å². The van der Waals surface area contributed by atoms with Crippen LogP contribution in [-0.4, -0.2) is 33.5 Å². The lowest BCUT2D eigenvalue weighted by Crippen LogP contribution is -1.97. The molecule has 0 amide bonds. The van der Waals surface area contributed by atoms with Gasteiger partial charge in [0.2, 0.25) is 0 Å². The van der Waals surface area contributed by atoms with Crippen LogP contribution in [0.3, 0.4) is 0 Å². The molecule has 0 saturated carbocycles. The fourth-order valence-electron chi connectivity index (χ4n) is 2.60. The molecular formula is C18H14O6. The smallest absolute Gasteiger partial charge is 0.335 e. The lowest BCUT2D eigenvalue weighted by Gasteiger charge is -2.12. The third kappa shape index (κ3) is 2.54. The molecule has 4 N–H and O–H groups in total. The molecule has 24 heavy (non-hydrogen) atoms. The third-order valence-corrected chi connectivity index (χ3v) is 3.79. The molecule has 0 unspecified atom stereocenters. The number of fused-ring (bicyclic) bond motifs is 1. The molecule has 0 radical (unpaired) electrons. The number of hydrogen-bond donors (Lipinski definition) is 4. The van der Waals surface area contributed by atoms with E-state index in [4.69, 9.17) is 4.74 Å². The number of carboxylic acid groups (broad SMARTS) is 1. The summed E-state index contributed by atoms with van der Waals surface area (Å²) in [6.45, 7) is 0. The molecule has 0 bridgehead atoms. The highest BCUT2D eigenvalue weighted by molar-refractivity contribution is 6.04. The maximum Gasteiger partial charge on any atom is 0.335 e. The van der Waals surface area contributed by atoms with Crippen molar-refractivity contribution in [2.24, 2.45) is 0 Å². The number of aromatic carboxylic acids is 1. The molecular weight excluding hydrogens is 312 g/mol. The van der Waals surface area contributed by atoms with Crippen LogP contribution in [0.15, 0.2) is 42.5 Å². The zero-order valence-electron chi connectivity index (χ0n) is 12.6. The highest BCUT2D eigenvalue weighted by atomic mass is 16.5. The average Bonchev–Trinajstić information content (AvgIpc) is 2.55. The average molecular weight is 326 g/mol. The van der Waals surface area contributed by atoms with Crippen molar-refractivity contribution in [3.05, 3.63) is 48.0 Å². The van der Waals surface area contributed by atoms with Gasteiger partial charge in [0, 0.05) is 0 Å². The SMILES string of the molecule is COc1cc2cc(C(=O)O)cc(-c3ccc(O)c(O)c3)c2cc1O. The lowest BCUT2D eigenvalue weighted by atomic mass is 9.95. The van der Waals surface area contributed by atoms with Crippen molar-refractivity contribution < 1.29 is 30.0 Å². The number of phenols is 3. The number of carboxylic acids is 1. The van der Waals surface area contributed by atoms with Crippen LogP contribution in [0.25, 0.3) is 21.9 Å². The number of hydrogen-bond acceptors (Lipinski definition) is 5. The Labute approximate surface area is 136 Å². The topological polar surface area (TPSA) is 107 Å². The van der Waals surface area contributed by atoms with Crippen molar-refractivity contribution in [1.82, 2.24) is 0 Å². The predicted octanol–water partition coefficient (Wildman–Crippen LogP) is 3.33. The Morgan fingerprint density at radius 1 is 0.917 bits per heavy atom. The molecule has 6 nitrogen and oxygen atoms in total. The standard InChI is InChI=1S/C18H14O6/c1-24-17-7-10-4-11(18(22)23)5-12(13(10)8-16(17)21)9-2-3-14(19)15(20)6-9/h2-8,19-21H,1H3,(H,22,23). The fourth-order valence-corrected chi connectivity index (χ4v) is 2.60. The van der Waals surface area contributed by atoms with Gasteiger partial charge in [-0.2, -0.15) is 0 Å². The summed E-state index contributed by atoms with van der Waals surface area (Å²) in [6.07, 6.45) is 0. The molecule has 0 saturated heterocycles. The second-order valence-corrected chi connectivity index (χ2v) is 5.28. The minimum atomic E-state index is -1.10. The predicted molar refractivity (Wildman–Crippen MR) is 87.9 cm³/mol. The highest BCUT2D eigenvalue weighted by Gasteiger charge is 2.15. The van der Waals surface area contributed by atoms with Crippen molar-refractivity contribution in [2.45, 2.75) is 0 Å². The van der Waals surface area contributed by atoms with Gasteiger partial charge < -0.3 is 25.2 Å². The van der Waals surface area contributed by atoms with Gasteiger partial charge in [0.1, 0.15) is 0 Å². The summed E-state index contributed by atoms with van der Waals surface area (Å²) in [5, 5.41) is 39.7. The van der Waals surface area contributed by atoms with E-state index in [9.17, 15) is 25.2 Å². The maximum absolute atomic E-state index is 11.4. The summed E-state index contributed by atoms with van der Waals surface area (Å²) in [6, 6.07) is 10.1. The number of carbonyl (C=O) groups is 1. The third-order valence-electron chi connectivity index (χ3n) is 3.79. The first-order chi connectivity index (χ1) is 11.4. The van der Waals surface area contributed by atoms with Gasteiger partial charge >= 0.3 is 5.97 Å². The molecule has 0 heterocycles. The van der Waals surface area contributed by atoms with Gasteiger partial charge in [-0.1, -0.05) is 6.07 Å². The maximum atomic E-state index is 11.4. The Hall–Kier alpha value is -3.41. The Bertz CT molecular complexity index is 961. The summed E-state index contributed by atoms with van der Waals surface area (Å²) < 4.78 is 5.06. The molecule has 0 fully saturated rings. The first-order valence-corrected chi connectivity index (χ1v) is 7.01. The number of rotatable bonds is 3. The van der Waals surface area contributed by atoms with E-state index in [1.165, 1.54) is 37.4 Å². The van der Waals surface area contributed by atoms with Crippen LogP contribution >= 0.6 is 0 Å². The summed E-state index contributed by atoms with van der Waals surface area (Å²) in [7, 11) is 1.40. The summed E-state index contributed by atoms with van der Waals surface area (Å²) in [5.74, 6) is -1.56. The van der Waals surface area contributed by atoms with E-state index in [0.717, 1.165) is 0 Å². The molecule has 3 aromatic rings. The van der Waals surface area contributed by atoms with E-state index >= 15 is 0 Å². The lowest BCUT2D eigenvalue weighted by molar-refractivity contribution is 0.0697. The molecule has 0 aliphatic rings. The van der Waals surface area contributed by atoms with Crippen LogP contribution in [0.1, 0.15) is 10.4 Å². The van der Waals surface area contributed by atoms with Gasteiger partial charge in [-0.05, 0) is 58.3 Å². The molecule has 0 aliphatic carbocycles. The Morgan fingerprint density at radius 2 is 1.67 bits per heavy atom. The van der Waals surface area contributed by atoms with Gasteiger partial charge in [-0.25, -0.2) is 4.79 Å². The van der Waals surface area contributed by atoms with Crippen LogP contribution < -0.4 is 4.74 Å². The number of phenolic OH excluding ortho intramolecular Hbond substituents is 3. The summed E-state index contributed by atoms with van der Waals surface area (Å²) in [4.78, 5) is 11.4. The van der Waals surface area contributed by atoms with E-state index < -0.39 is 5.97 Å². The van der Waals surface area contributed by atoms with Gasteiger partial charge in [0.05, 0.1) is 12.7 Å². The molecule has 3 rings (SSSR count). The largest absolute Gasteiger partial charge is 0.504 e. The van der Waals surface area contributed by atoms with Crippen molar-refractivity contribution in [3.8, 4) is 34.1 Å².